The Morgan fingerprint density at radius 2 is 2.16 bits per heavy atom. The van der Waals surface area contributed by atoms with Crippen molar-refractivity contribution in [2.24, 2.45) is 0 Å². The van der Waals surface area contributed by atoms with E-state index in [9.17, 15) is 9.59 Å². The van der Waals surface area contributed by atoms with Gasteiger partial charge >= 0.3 is 6.03 Å². The molecule has 0 bridgehead atoms. The molecule has 130 valence electrons. The number of nitrogens with zero attached hydrogens (tertiary/aromatic N) is 2. The van der Waals surface area contributed by atoms with Gasteiger partial charge in [0, 0.05) is 43.0 Å². The Kier molecular flexibility index (Phi) is 3.91. The molecule has 2 heterocycles. The standard InChI is InChI=1S/C18H21N5O2/c1-11(24)23-7-6-12-8-14(4-5-17(12)23)20-18(25)21-15-3-2-13-10-19-22-16(13)9-15/h4-5,8,10,15H,2-3,6-7,9H2,1H3,(H,19,22)(H2,20,21,25)/t15-/m0/s1. The Hall–Kier alpha value is -2.83. The van der Waals surface area contributed by atoms with Crippen molar-refractivity contribution in [2.45, 2.75) is 38.6 Å². The van der Waals surface area contributed by atoms with Crippen molar-refractivity contribution in [3.63, 3.8) is 0 Å². The maximum absolute atomic E-state index is 12.3. The van der Waals surface area contributed by atoms with Gasteiger partial charge in [0.25, 0.3) is 0 Å². The first kappa shape index (κ1) is 15.7. The number of anilines is 2. The highest BCUT2D eigenvalue weighted by atomic mass is 16.2. The lowest BCUT2D eigenvalue weighted by atomic mass is 9.94. The largest absolute Gasteiger partial charge is 0.335 e. The fourth-order valence-corrected chi connectivity index (χ4v) is 3.69. The number of fused-ring (bicyclic) bond motifs is 2. The number of rotatable bonds is 2. The first-order valence-corrected chi connectivity index (χ1v) is 8.60. The van der Waals surface area contributed by atoms with Gasteiger partial charge in [0.05, 0.1) is 6.20 Å². The third-order valence-electron chi connectivity index (χ3n) is 4.97. The molecule has 25 heavy (non-hydrogen) atoms. The average molecular weight is 339 g/mol. The van der Waals surface area contributed by atoms with Gasteiger partial charge in [-0.1, -0.05) is 0 Å². The molecule has 4 rings (SSSR count). The zero-order chi connectivity index (χ0) is 17.4. The molecular weight excluding hydrogens is 318 g/mol. The minimum absolute atomic E-state index is 0.0488. The van der Waals surface area contributed by atoms with E-state index in [1.165, 1.54) is 5.56 Å². The van der Waals surface area contributed by atoms with E-state index in [1.807, 2.05) is 24.4 Å². The zero-order valence-corrected chi connectivity index (χ0v) is 14.1. The van der Waals surface area contributed by atoms with Gasteiger partial charge in [-0.2, -0.15) is 5.10 Å². The first-order valence-electron chi connectivity index (χ1n) is 8.60. The Bertz CT molecular complexity index is 829. The minimum atomic E-state index is -0.200. The first-order chi connectivity index (χ1) is 12.1. The number of hydrogen-bond acceptors (Lipinski definition) is 3. The molecule has 1 atom stereocenters. The van der Waals surface area contributed by atoms with Crippen LogP contribution in [0.3, 0.4) is 0 Å². The predicted octanol–water partition coefficient (Wildman–Crippen LogP) is 2.00. The lowest BCUT2D eigenvalue weighted by Crippen LogP contribution is -2.41. The van der Waals surface area contributed by atoms with Crippen molar-refractivity contribution in [3.05, 3.63) is 41.2 Å². The molecule has 0 fully saturated rings. The van der Waals surface area contributed by atoms with E-state index in [0.29, 0.717) is 6.54 Å². The number of amides is 3. The highest BCUT2D eigenvalue weighted by Crippen LogP contribution is 2.30. The van der Waals surface area contributed by atoms with Gasteiger partial charge in [0.15, 0.2) is 0 Å². The quantitative estimate of drug-likeness (QED) is 0.782. The summed E-state index contributed by atoms with van der Waals surface area (Å²) in [4.78, 5) is 25.7. The highest BCUT2D eigenvalue weighted by molar-refractivity contribution is 5.95. The molecule has 7 nitrogen and oxygen atoms in total. The Morgan fingerprint density at radius 1 is 1.28 bits per heavy atom. The van der Waals surface area contributed by atoms with Crippen LogP contribution in [0.2, 0.25) is 0 Å². The molecule has 1 aliphatic carbocycles. The van der Waals surface area contributed by atoms with Gasteiger partial charge in [0.1, 0.15) is 0 Å². The van der Waals surface area contributed by atoms with E-state index >= 15 is 0 Å². The van der Waals surface area contributed by atoms with Crippen molar-refractivity contribution in [1.29, 1.82) is 0 Å². The second kappa shape index (κ2) is 6.23. The smallest absolute Gasteiger partial charge is 0.319 e. The van der Waals surface area contributed by atoms with Gasteiger partial charge < -0.3 is 15.5 Å². The van der Waals surface area contributed by atoms with Crippen molar-refractivity contribution in [2.75, 3.05) is 16.8 Å². The molecule has 3 N–H and O–H groups in total. The summed E-state index contributed by atoms with van der Waals surface area (Å²) in [7, 11) is 0. The van der Waals surface area contributed by atoms with Crippen LogP contribution in [0.1, 0.15) is 30.2 Å². The molecule has 0 saturated carbocycles. The normalized spacial score (nSPS) is 18.4. The van der Waals surface area contributed by atoms with Crippen LogP contribution in [0.15, 0.2) is 24.4 Å². The van der Waals surface area contributed by atoms with Crippen LogP contribution in [0.4, 0.5) is 16.2 Å². The lowest BCUT2D eigenvalue weighted by Gasteiger charge is -2.23. The van der Waals surface area contributed by atoms with Crippen molar-refractivity contribution in [3.8, 4) is 0 Å². The van der Waals surface area contributed by atoms with E-state index in [4.69, 9.17) is 0 Å². The van der Waals surface area contributed by atoms with Gasteiger partial charge in [0.2, 0.25) is 5.91 Å². The molecule has 2 aliphatic rings. The predicted molar refractivity (Wildman–Crippen MR) is 94.7 cm³/mol. The van der Waals surface area contributed by atoms with Crippen LogP contribution in [0, 0.1) is 0 Å². The van der Waals surface area contributed by atoms with E-state index in [0.717, 1.165) is 48.3 Å². The van der Waals surface area contributed by atoms with Crippen LogP contribution >= 0.6 is 0 Å². The molecule has 7 heteroatoms. The number of hydrogen-bond donors (Lipinski definition) is 3. The van der Waals surface area contributed by atoms with Gasteiger partial charge in [-0.25, -0.2) is 4.79 Å². The number of nitrogens with one attached hydrogen (secondary N) is 3. The summed E-state index contributed by atoms with van der Waals surface area (Å²) < 4.78 is 0. The third-order valence-corrected chi connectivity index (χ3v) is 4.97. The summed E-state index contributed by atoms with van der Waals surface area (Å²) in [5.74, 6) is 0.0488. The van der Waals surface area contributed by atoms with Crippen molar-refractivity contribution < 1.29 is 9.59 Å². The summed E-state index contributed by atoms with van der Waals surface area (Å²) >= 11 is 0. The summed E-state index contributed by atoms with van der Waals surface area (Å²) in [6.07, 6.45) is 5.30. The highest BCUT2D eigenvalue weighted by Gasteiger charge is 2.23. The van der Waals surface area contributed by atoms with E-state index in [2.05, 4.69) is 20.8 Å². The number of aromatic nitrogens is 2. The summed E-state index contributed by atoms with van der Waals surface area (Å²) in [6.45, 7) is 2.28. The van der Waals surface area contributed by atoms with Gasteiger partial charge in [-0.15, -0.1) is 0 Å². The fourth-order valence-electron chi connectivity index (χ4n) is 3.69. The Morgan fingerprint density at radius 3 is 3.00 bits per heavy atom. The van der Waals surface area contributed by atoms with Crippen molar-refractivity contribution in [1.82, 2.24) is 15.5 Å². The molecule has 0 radical (unpaired) electrons. The van der Waals surface area contributed by atoms with Crippen LogP contribution in [-0.2, 0) is 24.1 Å². The monoisotopic (exact) mass is 339 g/mol. The van der Waals surface area contributed by atoms with Gasteiger partial charge in [-0.05, 0) is 48.6 Å². The average Bonchev–Trinajstić information content (AvgIpc) is 3.20. The molecule has 0 saturated heterocycles. The van der Waals surface area contributed by atoms with Crippen LogP contribution in [0.5, 0.6) is 0 Å². The number of carbonyl (C=O) groups excluding carboxylic acids is 2. The Labute approximate surface area is 145 Å². The summed E-state index contributed by atoms with van der Waals surface area (Å²) in [6, 6.07) is 5.60. The van der Waals surface area contributed by atoms with Crippen LogP contribution < -0.4 is 15.5 Å². The summed E-state index contributed by atoms with van der Waals surface area (Å²) in [5.41, 5.74) is 5.13. The van der Waals surface area contributed by atoms with E-state index < -0.39 is 0 Å². The van der Waals surface area contributed by atoms with Crippen molar-refractivity contribution >= 4 is 23.3 Å². The number of aromatic amines is 1. The molecule has 0 spiro atoms. The van der Waals surface area contributed by atoms with Crippen LogP contribution in [-0.4, -0.2) is 34.7 Å². The molecule has 0 unspecified atom stereocenters. The fraction of sp³-hybridized carbons (Fsp3) is 0.389. The maximum Gasteiger partial charge on any atom is 0.319 e. The number of urea groups is 1. The van der Waals surface area contributed by atoms with Crippen LogP contribution in [0.25, 0.3) is 0 Å². The van der Waals surface area contributed by atoms with E-state index in [-0.39, 0.29) is 18.0 Å². The molecular formula is C18H21N5O2. The number of H-pyrrole nitrogens is 1. The Balaban J connectivity index is 1.38. The van der Waals surface area contributed by atoms with Gasteiger partial charge in [-0.3, -0.25) is 9.89 Å². The SMILES string of the molecule is CC(=O)N1CCc2cc(NC(=O)N[C@H]3CCc4cn[nH]c4C3)ccc21. The lowest BCUT2D eigenvalue weighted by molar-refractivity contribution is -0.116. The zero-order valence-electron chi connectivity index (χ0n) is 14.1. The van der Waals surface area contributed by atoms with E-state index in [1.54, 1.807) is 11.8 Å². The molecule has 1 aliphatic heterocycles. The molecule has 1 aromatic heterocycles. The molecule has 3 amide bonds. The third kappa shape index (κ3) is 3.09. The number of carbonyl (C=O) groups is 2. The number of benzene rings is 1. The minimum Gasteiger partial charge on any atom is -0.335 e. The second-order valence-electron chi connectivity index (χ2n) is 6.68. The maximum atomic E-state index is 12.3. The second-order valence-corrected chi connectivity index (χ2v) is 6.68. The molecule has 1 aromatic carbocycles. The number of aryl methyl sites for hydroxylation is 1. The molecule has 2 aromatic rings. The topological polar surface area (TPSA) is 90.1 Å². The summed E-state index contributed by atoms with van der Waals surface area (Å²) in [5, 5.41) is 13.0.